The van der Waals surface area contributed by atoms with Gasteiger partial charge < -0.3 is 15.2 Å². The standard InChI is InChI=1S/C12H13F3N2O2/c13-12(14,15)10-2-1-7(5-9(10)11(16)17)19-8-3-4-18-6-8/h1-2,5,8H,3-4,6H2,(H3,16,17). The summed E-state index contributed by atoms with van der Waals surface area (Å²) in [6.07, 6.45) is -4.02. The maximum absolute atomic E-state index is 12.7. The van der Waals surface area contributed by atoms with Crippen LogP contribution in [0.25, 0.3) is 0 Å². The van der Waals surface area contributed by atoms with Crippen molar-refractivity contribution in [3.05, 3.63) is 29.3 Å². The van der Waals surface area contributed by atoms with Gasteiger partial charge in [0.15, 0.2) is 0 Å². The topological polar surface area (TPSA) is 68.3 Å². The number of benzene rings is 1. The van der Waals surface area contributed by atoms with E-state index in [1.807, 2.05) is 0 Å². The molecule has 3 N–H and O–H groups in total. The lowest BCUT2D eigenvalue weighted by Crippen LogP contribution is -2.20. The molecule has 0 saturated carbocycles. The molecule has 1 heterocycles. The molecule has 1 saturated heterocycles. The van der Waals surface area contributed by atoms with Crippen molar-refractivity contribution in [3.63, 3.8) is 0 Å². The smallest absolute Gasteiger partial charge is 0.417 e. The largest absolute Gasteiger partial charge is 0.488 e. The normalized spacial score (nSPS) is 19.4. The predicted molar refractivity (Wildman–Crippen MR) is 62.3 cm³/mol. The highest BCUT2D eigenvalue weighted by Crippen LogP contribution is 2.34. The van der Waals surface area contributed by atoms with E-state index in [0.29, 0.717) is 19.6 Å². The van der Waals surface area contributed by atoms with Crippen molar-refractivity contribution in [2.75, 3.05) is 13.2 Å². The van der Waals surface area contributed by atoms with Crippen molar-refractivity contribution in [3.8, 4) is 5.75 Å². The summed E-state index contributed by atoms with van der Waals surface area (Å²) in [5, 5.41) is 7.23. The van der Waals surface area contributed by atoms with Crippen LogP contribution >= 0.6 is 0 Å². The zero-order valence-corrected chi connectivity index (χ0v) is 9.96. The fraction of sp³-hybridized carbons (Fsp3) is 0.417. The second kappa shape index (κ2) is 5.08. The number of hydrogen-bond donors (Lipinski definition) is 2. The number of ether oxygens (including phenoxy) is 2. The molecule has 1 unspecified atom stereocenters. The molecule has 1 fully saturated rings. The van der Waals surface area contributed by atoms with Crippen LogP contribution in [0.1, 0.15) is 17.5 Å². The molecule has 1 aromatic rings. The van der Waals surface area contributed by atoms with Crippen molar-refractivity contribution in [1.29, 1.82) is 5.41 Å². The first-order chi connectivity index (χ1) is 8.88. The summed E-state index contributed by atoms with van der Waals surface area (Å²) in [7, 11) is 0. The highest BCUT2D eigenvalue weighted by atomic mass is 19.4. The Labute approximate surface area is 107 Å². The summed E-state index contributed by atoms with van der Waals surface area (Å²) in [6, 6.07) is 3.25. The monoisotopic (exact) mass is 274 g/mol. The molecule has 0 bridgehead atoms. The molecular weight excluding hydrogens is 261 g/mol. The number of nitrogen functional groups attached to an aromatic ring is 1. The van der Waals surface area contributed by atoms with Gasteiger partial charge in [-0.25, -0.2) is 0 Å². The van der Waals surface area contributed by atoms with E-state index in [4.69, 9.17) is 20.6 Å². The minimum absolute atomic E-state index is 0.170. The lowest BCUT2D eigenvalue weighted by molar-refractivity contribution is -0.137. The lowest BCUT2D eigenvalue weighted by atomic mass is 10.1. The molecule has 1 atom stereocenters. The summed E-state index contributed by atoms with van der Waals surface area (Å²) in [6.45, 7) is 0.987. The fourth-order valence-corrected chi connectivity index (χ4v) is 1.86. The fourth-order valence-electron chi connectivity index (χ4n) is 1.86. The number of nitrogens with one attached hydrogen (secondary N) is 1. The maximum Gasteiger partial charge on any atom is 0.417 e. The van der Waals surface area contributed by atoms with Crippen molar-refractivity contribution >= 4 is 5.84 Å². The number of alkyl halides is 3. The summed E-state index contributed by atoms with van der Waals surface area (Å²) in [5.41, 5.74) is 3.88. The Bertz CT molecular complexity index is 482. The Morgan fingerprint density at radius 3 is 2.68 bits per heavy atom. The van der Waals surface area contributed by atoms with Crippen molar-refractivity contribution in [2.45, 2.75) is 18.7 Å². The van der Waals surface area contributed by atoms with Crippen molar-refractivity contribution in [2.24, 2.45) is 5.73 Å². The summed E-state index contributed by atoms with van der Waals surface area (Å²) >= 11 is 0. The Morgan fingerprint density at radius 2 is 2.16 bits per heavy atom. The van der Waals surface area contributed by atoms with Gasteiger partial charge in [0.05, 0.1) is 18.8 Å². The van der Waals surface area contributed by atoms with Gasteiger partial charge in [0, 0.05) is 12.0 Å². The maximum atomic E-state index is 12.7. The molecule has 0 radical (unpaired) electrons. The van der Waals surface area contributed by atoms with Crippen LogP contribution in [0.5, 0.6) is 5.75 Å². The molecule has 1 aromatic carbocycles. The average Bonchev–Trinajstić information content (AvgIpc) is 2.80. The van der Waals surface area contributed by atoms with Gasteiger partial charge in [-0.15, -0.1) is 0 Å². The first-order valence-corrected chi connectivity index (χ1v) is 5.68. The van der Waals surface area contributed by atoms with Crippen LogP contribution in [0.4, 0.5) is 13.2 Å². The SMILES string of the molecule is N=C(N)c1cc(OC2CCOC2)ccc1C(F)(F)F. The third-order valence-electron chi connectivity index (χ3n) is 2.78. The van der Waals surface area contributed by atoms with Crippen molar-refractivity contribution < 1.29 is 22.6 Å². The quantitative estimate of drug-likeness (QED) is 0.655. The Balaban J connectivity index is 2.28. The molecule has 0 spiro atoms. The zero-order chi connectivity index (χ0) is 14.0. The van der Waals surface area contributed by atoms with Gasteiger partial charge in [0.2, 0.25) is 0 Å². The van der Waals surface area contributed by atoms with Crippen molar-refractivity contribution in [1.82, 2.24) is 0 Å². The third-order valence-corrected chi connectivity index (χ3v) is 2.78. The molecule has 7 heteroatoms. The van der Waals surface area contributed by atoms with Crippen LogP contribution in [0.15, 0.2) is 18.2 Å². The van der Waals surface area contributed by atoms with Gasteiger partial charge in [-0.3, -0.25) is 5.41 Å². The third kappa shape index (κ3) is 3.17. The first-order valence-electron chi connectivity index (χ1n) is 5.68. The Hall–Kier alpha value is -1.76. The number of halogens is 3. The number of hydrogen-bond acceptors (Lipinski definition) is 3. The highest BCUT2D eigenvalue weighted by molar-refractivity contribution is 5.97. The van der Waals surface area contributed by atoms with E-state index in [0.717, 1.165) is 12.1 Å². The van der Waals surface area contributed by atoms with E-state index in [1.165, 1.54) is 6.07 Å². The summed E-state index contributed by atoms with van der Waals surface area (Å²) in [5.74, 6) is -0.380. The molecule has 4 nitrogen and oxygen atoms in total. The molecule has 104 valence electrons. The second-order valence-electron chi connectivity index (χ2n) is 4.22. The van der Waals surface area contributed by atoms with Gasteiger partial charge >= 0.3 is 6.18 Å². The second-order valence-corrected chi connectivity index (χ2v) is 4.22. The van der Waals surface area contributed by atoms with E-state index >= 15 is 0 Å². The number of rotatable bonds is 3. The van der Waals surface area contributed by atoms with E-state index in [-0.39, 0.29) is 17.4 Å². The molecule has 0 aliphatic carbocycles. The summed E-state index contributed by atoms with van der Waals surface area (Å²) in [4.78, 5) is 0. The first kappa shape index (κ1) is 13.7. The van der Waals surface area contributed by atoms with Gasteiger partial charge in [-0.1, -0.05) is 0 Å². The summed E-state index contributed by atoms with van der Waals surface area (Å²) < 4.78 is 48.8. The zero-order valence-electron chi connectivity index (χ0n) is 9.96. The van der Waals surface area contributed by atoms with E-state index in [2.05, 4.69) is 0 Å². The Morgan fingerprint density at radius 1 is 1.42 bits per heavy atom. The molecule has 1 aliphatic heterocycles. The molecule has 0 aromatic heterocycles. The molecule has 2 rings (SSSR count). The van der Waals surface area contributed by atoms with E-state index in [1.54, 1.807) is 0 Å². The van der Waals surface area contributed by atoms with E-state index < -0.39 is 17.6 Å². The van der Waals surface area contributed by atoms with Gasteiger partial charge in [-0.2, -0.15) is 13.2 Å². The van der Waals surface area contributed by atoms with Crippen LogP contribution < -0.4 is 10.5 Å². The predicted octanol–water partition coefficient (Wildman–Crippen LogP) is 2.16. The van der Waals surface area contributed by atoms with Gasteiger partial charge in [0.25, 0.3) is 0 Å². The molecule has 0 amide bonds. The number of amidine groups is 1. The van der Waals surface area contributed by atoms with Crippen LogP contribution in [-0.2, 0) is 10.9 Å². The number of nitrogens with two attached hydrogens (primary N) is 1. The molecule has 19 heavy (non-hydrogen) atoms. The van der Waals surface area contributed by atoms with Crippen LogP contribution in [0.3, 0.4) is 0 Å². The van der Waals surface area contributed by atoms with Crippen LogP contribution in [0, 0.1) is 5.41 Å². The van der Waals surface area contributed by atoms with Gasteiger partial charge in [-0.05, 0) is 18.2 Å². The van der Waals surface area contributed by atoms with Crippen LogP contribution in [-0.4, -0.2) is 25.2 Å². The Kier molecular flexibility index (Phi) is 3.66. The van der Waals surface area contributed by atoms with Gasteiger partial charge in [0.1, 0.15) is 17.7 Å². The lowest BCUT2D eigenvalue weighted by Gasteiger charge is -2.16. The minimum atomic E-state index is -4.55. The van der Waals surface area contributed by atoms with Crippen LogP contribution in [0.2, 0.25) is 0 Å². The van der Waals surface area contributed by atoms with E-state index in [9.17, 15) is 13.2 Å². The highest BCUT2D eigenvalue weighted by Gasteiger charge is 2.34. The molecule has 1 aliphatic rings. The minimum Gasteiger partial charge on any atom is -0.488 e. The average molecular weight is 274 g/mol. The molecular formula is C12H13F3N2O2.